The van der Waals surface area contributed by atoms with Gasteiger partial charge in [0.2, 0.25) is 0 Å². The zero-order valence-corrected chi connectivity index (χ0v) is 8.63. The first-order chi connectivity index (χ1) is 7.04. The number of ether oxygens (including phenoxy) is 1. The van der Waals surface area contributed by atoms with Crippen molar-refractivity contribution < 1.29 is 9.53 Å². The molecule has 5 heteroatoms. The fourth-order valence-corrected chi connectivity index (χ4v) is 1.15. The molecule has 0 saturated carbocycles. The average Bonchev–Trinajstić information content (AvgIpc) is 2.19. The number of hydrogen-bond donors (Lipinski definition) is 3. The first-order valence-electron chi connectivity index (χ1n) is 4.34. The highest BCUT2D eigenvalue weighted by Crippen LogP contribution is 2.16. The van der Waals surface area contributed by atoms with Crippen LogP contribution in [0.2, 0.25) is 0 Å². The molecular weight excluding hydrogens is 194 g/mol. The van der Waals surface area contributed by atoms with Gasteiger partial charge in [-0.15, -0.1) is 0 Å². The summed E-state index contributed by atoms with van der Waals surface area (Å²) in [6.07, 6.45) is 0. The summed E-state index contributed by atoms with van der Waals surface area (Å²) in [6, 6.07) is 5.02. The third-order valence-corrected chi connectivity index (χ3v) is 1.93. The number of aryl methyl sites for hydroxylation is 1. The Morgan fingerprint density at radius 3 is 2.73 bits per heavy atom. The van der Waals surface area contributed by atoms with Gasteiger partial charge in [0.25, 0.3) is 0 Å². The van der Waals surface area contributed by atoms with Crippen LogP contribution in [0.4, 0.5) is 5.69 Å². The van der Waals surface area contributed by atoms with Crippen molar-refractivity contribution in [2.45, 2.75) is 6.92 Å². The number of hydrogen-bond acceptors (Lipinski definition) is 3. The van der Waals surface area contributed by atoms with E-state index in [1.807, 2.05) is 6.92 Å². The van der Waals surface area contributed by atoms with E-state index >= 15 is 0 Å². The van der Waals surface area contributed by atoms with Gasteiger partial charge in [0.1, 0.15) is 0 Å². The van der Waals surface area contributed by atoms with Crippen molar-refractivity contribution >= 4 is 17.6 Å². The summed E-state index contributed by atoms with van der Waals surface area (Å²) in [5.41, 5.74) is 7.16. The number of carbonyl (C=O) groups excluding carboxylic acids is 1. The van der Waals surface area contributed by atoms with Crippen LogP contribution >= 0.6 is 0 Å². The molecule has 5 nitrogen and oxygen atoms in total. The molecule has 0 aromatic heterocycles. The highest BCUT2D eigenvalue weighted by Gasteiger charge is 2.07. The van der Waals surface area contributed by atoms with Crippen molar-refractivity contribution in [3.63, 3.8) is 0 Å². The molecule has 1 aromatic rings. The summed E-state index contributed by atoms with van der Waals surface area (Å²) >= 11 is 0. The molecule has 0 aliphatic carbocycles. The van der Waals surface area contributed by atoms with Crippen LogP contribution in [0.3, 0.4) is 0 Å². The maximum Gasteiger partial charge on any atom is 0.337 e. The monoisotopic (exact) mass is 207 g/mol. The summed E-state index contributed by atoms with van der Waals surface area (Å²) in [5, 5.41) is 9.75. The van der Waals surface area contributed by atoms with Crippen molar-refractivity contribution in [1.29, 1.82) is 5.41 Å². The molecule has 15 heavy (non-hydrogen) atoms. The topological polar surface area (TPSA) is 88.2 Å². The Bertz CT molecular complexity index is 402. The van der Waals surface area contributed by atoms with E-state index in [4.69, 9.17) is 11.1 Å². The van der Waals surface area contributed by atoms with Crippen molar-refractivity contribution in [1.82, 2.24) is 0 Å². The molecule has 4 N–H and O–H groups in total. The number of esters is 1. The van der Waals surface area contributed by atoms with Crippen molar-refractivity contribution in [3.8, 4) is 0 Å². The second-order valence-electron chi connectivity index (χ2n) is 3.06. The van der Waals surface area contributed by atoms with Gasteiger partial charge in [-0.05, 0) is 24.6 Å². The van der Waals surface area contributed by atoms with E-state index in [0.29, 0.717) is 11.3 Å². The maximum atomic E-state index is 11.2. The van der Waals surface area contributed by atoms with Gasteiger partial charge < -0.3 is 15.8 Å². The quantitative estimate of drug-likeness (QED) is 0.385. The lowest BCUT2D eigenvalue weighted by molar-refractivity contribution is 0.0601. The van der Waals surface area contributed by atoms with Gasteiger partial charge in [0, 0.05) is 5.69 Å². The number of methoxy groups -OCH3 is 1. The number of carbonyl (C=O) groups is 1. The minimum atomic E-state index is -0.415. The van der Waals surface area contributed by atoms with E-state index in [2.05, 4.69) is 10.1 Å². The Morgan fingerprint density at radius 2 is 2.20 bits per heavy atom. The minimum absolute atomic E-state index is 0.167. The van der Waals surface area contributed by atoms with Crippen LogP contribution in [-0.2, 0) is 4.74 Å². The largest absolute Gasteiger partial charge is 0.465 e. The molecule has 1 rings (SSSR count). The third-order valence-electron chi connectivity index (χ3n) is 1.93. The number of guanidine groups is 1. The molecule has 0 heterocycles. The molecule has 0 saturated heterocycles. The molecule has 0 aliphatic heterocycles. The van der Waals surface area contributed by atoms with E-state index < -0.39 is 5.97 Å². The van der Waals surface area contributed by atoms with E-state index in [1.54, 1.807) is 18.2 Å². The molecule has 0 aliphatic rings. The lowest BCUT2D eigenvalue weighted by atomic mass is 10.1. The van der Waals surface area contributed by atoms with Crippen LogP contribution in [0.25, 0.3) is 0 Å². The van der Waals surface area contributed by atoms with Crippen LogP contribution in [-0.4, -0.2) is 19.0 Å². The molecule has 0 spiro atoms. The molecule has 0 atom stereocenters. The second-order valence-corrected chi connectivity index (χ2v) is 3.06. The molecule has 0 radical (unpaired) electrons. The Hall–Kier alpha value is -2.04. The van der Waals surface area contributed by atoms with Gasteiger partial charge in [0.15, 0.2) is 5.96 Å². The normalized spacial score (nSPS) is 9.47. The van der Waals surface area contributed by atoms with Gasteiger partial charge in [0.05, 0.1) is 12.7 Å². The lowest BCUT2D eigenvalue weighted by Crippen LogP contribution is -2.21. The first-order valence-corrected chi connectivity index (χ1v) is 4.34. The average molecular weight is 207 g/mol. The Kier molecular flexibility index (Phi) is 3.28. The minimum Gasteiger partial charge on any atom is -0.465 e. The summed E-state index contributed by atoms with van der Waals surface area (Å²) in [6.45, 7) is 1.85. The van der Waals surface area contributed by atoms with Crippen LogP contribution in [0.15, 0.2) is 18.2 Å². The molecule has 0 fully saturated rings. The zero-order valence-electron chi connectivity index (χ0n) is 8.63. The van der Waals surface area contributed by atoms with Crippen LogP contribution < -0.4 is 11.1 Å². The summed E-state index contributed by atoms with van der Waals surface area (Å²) in [5.74, 6) is -0.582. The van der Waals surface area contributed by atoms with E-state index in [-0.39, 0.29) is 5.96 Å². The van der Waals surface area contributed by atoms with Gasteiger partial charge >= 0.3 is 5.97 Å². The molecule has 1 aromatic carbocycles. The van der Waals surface area contributed by atoms with E-state index in [0.717, 1.165) is 5.56 Å². The highest BCUT2D eigenvalue weighted by atomic mass is 16.5. The summed E-state index contributed by atoms with van der Waals surface area (Å²) in [7, 11) is 1.32. The lowest BCUT2D eigenvalue weighted by Gasteiger charge is -2.08. The Balaban J connectivity index is 3.05. The number of nitrogens with two attached hydrogens (primary N) is 1. The van der Waals surface area contributed by atoms with Gasteiger partial charge in [-0.25, -0.2) is 4.79 Å². The predicted molar refractivity (Wildman–Crippen MR) is 58.1 cm³/mol. The second kappa shape index (κ2) is 4.45. The number of rotatable bonds is 2. The molecule has 80 valence electrons. The molecule has 0 bridgehead atoms. The maximum absolute atomic E-state index is 11.2. The Morgan fingerprint density at radius 1 is 1.53 bits per heavy atom. The van der Waals surface area contributed by atoms with Gasteiger partial charge in [-0.3, -0.25) is 5.41 Å². The van der Waals surface area contributed by atoms with Gasteiger partial charge in [-0.1, -0.05) is 6.07 Å². The predicted octanol–water partition coefficient (Wildman–Crippen LogP) is 1.09. The smallest absolute Gasteiger partial charge is 0.337 e. The first kappa shape index (κ1) is 11.0. The molecule has 0 amide bonds. The fourth-order valence-electron chi connectivity index (χ4n) is 1.15. The summed E-state index contributed by atoms with van der Waals surface area (Å²) < 4.78 is 4.58. The number of nitrogens with one attached hydrogen (secondary N) is 2. The summed E-state index contributed by atoms with van der Waals surface area (Å²) in [4.78, 5) is 11.2. The van der Waals surface area contributed by atoms with Crippen LogP contribution in [0, 0.1) is 12.3 Å². The third kappa shape index (κ3) is 2.70. The zero-order chi connectivity index (χ0) is 11.4. The van der Waals surface area contributed by atoms with Crippen LogP contribution in [0.5, 0.6) is 0 Å². The van der Waals surface area contributed by atoms with Crippen LogP contribution in [0.1, 0.15) is 15.9 Å². The van der Waals surface area contributed by atoms with Crippen molar-refractivity contribution in [2.24, 2.45) is 5.73 Å². The van der Waals surface area contributed by atoms with Crippen molar-refractivity contribution in [3.05, 3.63) is 29.3 Å². The molecule has 0 unspecified atom stereocenters. The number of anilines is 1. The van der Waals surface area contributed by atoms with Gasteiger partial charge in [-0.2, -0.15) is 0 Å². The van der Waals surface area contributed by atoms with E-state index in [1.165, 1.54) is 7.11 Å². The fraction of sp³-hybridized carbons (Fsp3) is 0.200. The number of benzene rings is 1. The highest BCUT2D eigenvalue weighted by molar-refractivity contribution is 5.94. The standard InChI is InChI=1S/C10H13N3O2/c1-6-3-4-7(9(14)15-2)5-8(6)13-10(11)12/h3-5H,1-2H3,(H4,11,12,13). The Labute approximate surface area is 87.7 Å². The van der Waals surface area contributed by atoms with Crippen molar-refractivity contribution in [2.75, 3.05) is 12.4 Å². The molecular formula is C10H13N3O2. The van der Waals surface area contributed by atoms with E-state index in [9.17, 15) is 4.79 Å². The SMILES string of the molecule is COC(=O)c1ccc(C)c(NC(=N)N)c1.